The molecule has 2 N–H and O–H groups in total. The zero-order chi connectivity index (χ0) is 14.5. The summed E-state index contributed by atoms with van der Waals surface area (Å²) in [6.45, 7) is 1.67. The van der Waals surface area contributed by atoms with Crippen molar-refractivity contribution in [1.29, 1.82) is 0 Å². The molecule has 0 aliphatic heterocycles. The Morgan fingerprint density at radius 2 is 1.95 bits per heavy atom. The molecule has 2 aromatic rings. The van der Waals surface area contributed by atoms with Crippen molar-refractivity contribution in [1.82, 2.24) is 0 Å². The minimum absolute atomic E-state index is 0.189. The summed E-state index contributed by atoms with van der Waals surface area (Å²) in [6, 6.07) is 11.2. The molecule has 0 fully saturated rings. The number of carbonyl (C=O) groups excluding carboxylic acids is 1. The van der Waals surface area contributed by atoms with Gasteiger partial charge in [0.1, 0.15) is 11.6 Å². The summed E-state index contributed by atoms with van der Waals surface area (Å²) in [6.07, 6.45) is 0. The lowest BCUT2D eigenvalue weighted by atomic mass is 10.2. The maximum atomic E-state index is 13.3. The highest BCUT2D eigenvalue weighted by Crippen LogP contribution is 2.21. The summed E-state index contributed by atoms with van der Waals surface area (Å²) in [5.74, 6) is -0.130. The van der Waals surface area contributed by atoms with Gasteiger partial charge < -0.3 is 10.4 Å². The standard InChI is InChI=1S/C15H14FNO2S/c1-10-2-3-11(8-14(10)16)17-15(19)9-20-13-6-4-12(18)5-7-13/h2-8,18H,9H2,1H3,(H,17,19). The van der Waals surface area contributed by atoms with Crippen molar-refractivity contribution in [3.8, 4) is 5.75 Å². The first-order chi connectivity index (χ1) is 9.54. The summed E-state index contributed by atoms with van der Waals surface area (Å²) in [5, 5.41) is 11.8. The molecule has 1 amide bonds. The molecule has 5 heteroatoms. The highest BCUT2D eigenvalue weighted by Gasteiger charge is 2.05. The number of hydrogen-bond donors (Lipinski definition) is 2. The molecule has 0 unspecified atom stereocenters. The van der Waals surface area contributed by atoms with Crippen LogP contribution in [0, 0.1) is 12.7 Å². The molecule has 3 nitrogen and oxygen atoms in total. The van der Waals surface area contributed by atoms with Gasteiger partial charge in [-0.25, -0.2) is 4.39 Å². The quantitative estimate of drug-likeness (QED) is 0.847. The molecule has 0 aliphatic rings. The molecular weight excluding hydrogens is 277 g/mol. The molecule has 0 atom stereocenters. The van der Waals surface area contributed by atoms with Crippen LogP contribution in [-0.4, -0.2) is 16.8 Å². The number of phenolic OH excluding ortho intramolecular Hbond substituents is 1. The number of phenols is 1. The molecule has 0 spiro atoms. The van der Waals surface area contributed by atoms with E-state index >= 15 is 0 Å². The van der Waals surface area contributed by atoms with Crippen LogP contribution in [0.5, 0.6) is 5.75 Å². The molecule has 0 radical (unpaired) electrons. The number of hydrogen-bond acceptors (Lipinski definition) is 3. The zero-order valence-corrected chi connectivity index (χ0v) is 11.7. The molecule has 0 saturated carbocycles. The van der Waals surface area contributed by atoms with Gasteiger partial charge in [0.2, 0.25) is 5.91 Å². The summed E-state index contributed by atoms with van der Waals surface area (Å²) in [5.41, 5.74) is 0.992. The first-order valence-corrected chi connectivity index (χ1v) is 7.01. The number of aromatic hydroxyl groups is 1. The van der Waals surface area contributed by atoms with Crippen LogP contribution in [0.2, 0.25) is 0 Å². The number of carbonyl (C=O) groups is 1. The second-order valence-electron chi connectivity index (χ2n) is 4.29. The molecule has 0 aliphatic carbocycles. The van der Waals surface area contributed by atoms with Crippen molar-refractivity contribution in [3.63, 3.8) is 0 Å². The Morgan fingerprint density at radius 1 is 1.25 bits per heavy atom. The lowest BCUT2D eigenvalue weighted by molar-refractivity contribution is -0.113. The topological polar surface area (TPSA) is 49.3 Å². The number of rotatable bonds is 4. The van der Waals surface area contributed by atoms with Crippen molar-refractivity contribution in [2.24, 2.45) is 0 Å². The number of benzene rings is 2. The third-order valence-corrected chi connectivity index (χ3v) is 3.67. The van der Waals surface area contributed by atoms with Crippen LogP contribution < -0.4 is 5.32 Å². The number of halogens is 1. The van der Waals surface area contributed by atoms with Gasteiger partial charge in [-0.15, -0.1) is 11.8 Å². The van der Waals surface area contributed by atoms with Crippen LogP contribution in [0.15, 0.2) is 47.4 Å². The Hall–Kier alpha value is -2.01. The van der Waals surface area contributed by atoms with Gasteiger partial charge in [0.05, 0.1) is 5.75 Å². The monoisotopic (exact) mass is 291 g/mol. The van der Waals surface area contributed by atoms with Gasteiger partial charge in [0.15, 0.2) is 0 Å². The van der Waals surface area contributed by atoms with Crippen molar-refractivity contribution in [2.45, 2.75) is 11.8 Å². The smallest absolute Gasteiger partial charge is 0.234 e. The molecule has 0 aromatic heterocycles. The van der Waals surface area contributed by atoms with E-state index < -0.39 is 0 Å². The van der Waals surface area contributed by atoms with Gasteiger partial charge in [-0.1, -0.05) is 6.07 Å². The van der Waals surface area contributed by atoms with Crippen LogP contribution in [0.4, 0.5) is 10.1 Å². The van der Waals surface area contributed by atoms with E-state index in [9.17, 15) is 9.18 Å². The average Bonchev–Trinajstić information content (AvgIpc) is 2.42. The number of amides is 1. The molecule has 20 heavy (non-hydrogen) atoms. The van der Waals surface area contributed by atoms with Crippen LogP contribution in [0.25, 0.3) is 0 Å². The van der Waals surface area contributed by atoms with Crippen LogP contribution in [-0.2, 0) is 4.79 Å². The molecule has 2 rings (SSSR count). The molecule has 0 heterocycles. The Labute approximate surface area is 120 Å². The van der Waals surface area contributed by atoms with Crippen LogP contribution in [0.3, 0.4) is 0 Å². The van der Waals surface area contributed by atoms with Crippen LogP contribution in [0.1, 0.15) is 5.56 Å². The van der Waals surface area contributed by atoms with E-state index in [4.69, 9.17) is 5.11 Å². The van der Waals surface area contributed by atoms with Crippen molar-refractivity contribution in [2.75, 3.05) is 11.1 Å². The minimum atomic E-state index is -0.339. The number of thioether (sulfide) groups is 1. The summed E-state index contributed by atoms with van der Waals surface area (Å²) in [7, 11) is 0. The maximum Gasteiger partial charge on any atom is 0.234 e. The Balaban J connectivity index is 1.89. The number of nitrogens with one attached hydrogen (secondary N) is 1. The van der Waals surface area contributed by atoms with E-state index in [-0.39, 0.29) is 23.2 Å². The average molecular weight is 291 g/mol. The molecule has 0 bridgehead atoms. The maximum absolute atomic E-state index is 13.3. The van der Waals surface area contributed by atoms with Crippen molar-refractivity contribution < 1.29 is 14.3 Å². The largest absolute Gasteiger partial charge is 0.508 e. The third kappa shape index (κ3) is 3.99. The van der Waals surface area contributed by atoms with E-state index in [1.807, 2.05) is 0 Å². The van der Waals surface area contributed by atoms with Gasteiger partial charge in [-0.2, -0.15) is 0 Å². The van der Waals surface area contributed by atoms with Gasteiger partial charge in [-0.05, 0) is 48.9 Å². The zero-order valence-electron chi connectivity index (χ0n) is 10.9. The minimum Gasteiger partial charge on any atom is -0.508 e. The Kier molecular flexibility index (Phi) is 4.63. The summed E-state index contributed by atoms with van der Waals surface area (Å²) < 4.78 is 13.3. The SMILES string of the molecule is Cc1ccc(NC(=O)CSc2ccc(O)cc2)cc1F. The first-order valence-electron chi connectivity index (χ1n) is 6.02. The van der Waals surface area contributed by atoms with Gasteiger partial charge >= 0.3 is 0 Å². The van der Waals surface area contributed by atoms with E-state index in [0.717, 1.165) is 4.90 Å². The fourth-order valence-corrected chi connectivity index (χ4v) is 2.26. The normalized spacial score (nSPS) is 10.3. The third-order valence-electron chi connectivity index (χ3n) is 2.66. The predicted octanol–water partition coefficient (Wildman–Crippen LogP) is 3.57. The highest BCUT2D eigenvalue weighted by molar-refractivity contribution is 8.00. The fraction of sp³-hybridized carbons (Fsp3) is 0.133. The van der Waals surface area contributed by atoms with E-state index in [1.54, 1.807) is 43.3 Å². The van der Waals surface area contributed by atoms with E-state index in [0.29, 0.717) is 11.3 Å². The van der Waals surface area contributed by atoms with Crippen LogP contribution >= 0.6 is 11.8 Å². The summed E-state index contributed by atoms with van der Waals surface area (Å²) in [4.78, 5) is 12.6. The Bertz CT molecular complexity index is 614. The lowest BCUT2D eigenvalue weighted by Gasteiger charge is -2.06. The second-order valence-corrected chi connectivity index (χ2v) is 5.34. The summed E-state index contributed by atoms with van der Waals surface area (Å²) >= 11 is 1.35. The lowest BCUT2D eigenvalue weighted by Crippen LogP contribution is -2.14. The van der Waals surface area contributed by atoms with Gasteiger partial charge in [0, 0.05) is 10.6 Å². The number of aryl methyl sites for hydroxylation is 1. The van der Waals surface area contributed by atoms with Crippen molar-refractivity contribution in [3.05, 3.63) is 53.8 Å². The number of anilines is 1. The van der Waals surface area contributed by atoms with Crippen molar-refractivity contribution >= 4 is 23.4 Å². The predicted molar refractivity (Wildman–Crippen MR) is 78.6 cm³/mol. The van der Waals surface area contributed by atoms with Gasteiger partial charge in [-0.3, -0.25) is 4.79 Å². The molecular formula is C15H14FNO2S. The fourth-order valence-electron chi connectivity index (χ4n) is 1.56. The highest BCUT2D eigenvalue weighted by atomic mass is 32.2. The Morgan fingerprint density at radius 3 is 2.60 bits per heavy atom. The van der Waals surface area contributed by atoms with Gasteiger partial charge in [0.25, 0.3) is 0 Å². The molecule has 104 valence electrons. The first kappa shape index (κ1) is 14.4. The van der Waals surface area contributed by atoms with E-state index in [2.05, 4.69) is 5.32 Å². The molecule has 0 saturated heterocycles. The molecule has 2 aromatic carbocycles. The van der Waals surface area contributed by atoms with E-state index in [1.165, 1.54) is 17.8 Å². The second kappa shape index (κ2) is 6.43.